The lowest BCUT2D eigenvalue weighted by molar-refractivity contribution is -0.884. The summed E-state index contributed by atoms with van der Waals surface area (Å²) < 4.78 is 0.400. The average molecular weight is 278 g/mol. The summed E-state index contributed by atoms with van der Waals surface area (Å²) in [5, 5.41) is 19.1. The van der Waals surface area contributed by atoms with Crippen molar-refractivity contribution >= 4 is 23.7 Å². The molecule has 0 heterocycles. The van der Waals surface area contributed by atoms with Crippen molar-refractivity contribution in [3.63, 3.8) is 0 Å². The van der Waals surface area contributed by atoms with Gasteiger partial charge in [0, 0.05) is 6.42 Å². The Morgan fingerprint density at radius 3 is 2.50 bits per heavy atom. The second-order valence-corrected chi connectivity index (χ2v) is 6.11. The van der Waals surface area contributed by atoms with Crippen LogP contribution in [0.2, 0.25) is 0 Å². The molecule has 0 aliphatic rings. The monoisotopic (exact) mass is 278 g/mol. The molecule has 0 rings (SSSR count). The van der Waals surface area contributed by atoms with E-state index in [9.17, 15) is 14.7 Å². The minimum absolute atomic E-state index is 0.00849. The highest BCUT2D eigenvalue weighted by atomic mass is 32.2. The Labute approximate surface area is 112 Å². The molecule has 1 atom stereocenters. The summed E-state index contributed by atoms with van der Waals surface area (Å²) in [6.45, 7) is 0.764. The maximum Gasteiger partial charge on any atom is 0.320 e. The first-order valence-corrected chi connectivity index (χ1v) is 6.98. The Kier molecular flexibility index (Phi) is 7.97. The molecule has 0 aromatic rings. The normalized spacial score (nSPS) is 13.3. The van der Waals surface area contributed by atoms with Crippen LogP contribution in [0, 0.1) is 0 Å². The van der Waals surface area contributed by atoms with E-state index in [-0.39, 0.29) is 6.54 Å². The van der Waals surface area contributed by atoms with Gasteiger partial charge < -0.3 is 25.2 Å². The summed E-state index contributed by atoms with van der Waals surface area (Å²) >= 11 is 1.64. The van der Waals surface area contributed by atoms with Crippen LogP contribution in [0.15, 0.2) is 0 Å². The van der Waals surface area contributed by atoms with Crippen LogP contribution in [0.1, 0.15) is 12.8 Å². The van der Waals surface area contributed by atoms with Crippen molar-refractivity contribution in [3.8, 4) is 0 Å². The van der Waals surface area contributed by atoms with Gasteiger partial charge in [-0.05, 0) is 17.9 Å². The van der Waals surface area contributed by atoms with E-state index in [4.69, 9.17) is 10.8 Å². The molecule has 0 spiro atoms. The zero-order chi connectivity index (χ0) is 14.2. The highest BCUT2D eigenvalue weighted by Crippen LogP contribution is 2.08. The number of carboxylic acid groups (broad SMARTS) is 2. The van der Waals surface area contributed by atoms with Gasteiger partial charge in [-0.15, -0.1) is 0 Å². The van der Waals surface area contributed by atoms with Crippen molar-refractivity contribution in [2.75, 3.05) is 38.7 Å². The number of nitrogens with two attached hydrogens (primary N) is 1. The molecular weight excluding hydrogens is 256 g/mol. The number of aliphatic carboxylic acids is 2. The van der Waals surface area contributed by atoms with Crippen molar-refractivity contribution in [3.05, 3.63) is 0 Å². The van der Waals surface area contributed by atoms with Crippen LogP contribution >= 0.6 is 11.8 Å². The zero-order valence-corrected chi connectivity index (χ0v) is 11.7. The largest absolute Gasteiger partial charge is 0.544 e. The number of thioether (sulfide) groups is 1. The molecule has 18 heavy (non-hydrogen) atoms. The molecule has 106 valence electrons. The number of carbonyl (C=O) groups is 2. The second kappa shape index (κ2) is 8.34. The molecule has 0 bridgehead atoms. The average Bonchev–Trinajstić information content (AvgIpc) is 2.20. The van der Waals surface area contributed by atoms with Gasteiger partial charge in [0.05, 0.1) is 26.6 Å². The van der Waals surface area contributed by atoms with Gasteiger partial charge in [0.1, 0.15) is 12.6 Å². The molecule has 0 saturated heterocycles. The van der Waals surface area contributed by atoms with Crippen LogP contribution in [-0.2, 0) is 9.59 Å². The number of carboxylic acids is 2. The van der Waals surface area contributed by atoms with E-state index >= 15 is 0 Å². The van der Waals surface area contributed by atoms with Gasteiger partial charge in [0.2, 0.25) is 0 Å². The van der Waals surface area contributed by atoms with Crippen LogP contribution in [0.25, 0.3) is 0 Å². The SMILES string of the molecule is C[N+](C)(CCCSCCC(N)C(=O)O)CC(=O)[O-]. The number of carbonyl (C=O) groups excluding carboxylic acids is 1. The number of hydrogen-bond donors (Lipinski definition) is 2. The molecule has 0 aromatic heterocycles. The number of hydrogen-bond acceptors (Lipinski definition) is 5. The van der Waals surface area contributed by atoms with Gasteiger partial charge in [0.25, 0.3) is 0 Å². The van der Waals surface area contributed by atoms with Gasteiger partial charge >= 0.3 is 5.97 Å². The van der Waals surface area contributed by atoms with E-state index < -0.39 is 18.0 Å². The fraction of sp³-hybridized carbons (Fsp3) is 0.818. The molecule has 3 N–H and O–H groups in total. The maximum absolute atomic E-state index is 10.5. The lowest BCUT2D eigenvalue weighted by Gasteiger charge is -2.30. The van der Waals surface area contributed by atoms with Crippen molar-refractivity contribution in [1.82, 2.24) is 0 Å². The van der Waals surface area contributed by atoms with Crippen LogP contribution in [0.3, 0.4) is 0 Å². The molecule has 6 nitrogen and oxygen atoms in total. The molecule has 7 heteroatoms. The molecule has 0 aliphatic carbocycles. The Hall–Kier alpha value is -0.790. The Bertz CT molecular complexity index is 284. The predicted molar refractivity (Wildman–Crippen MR) is 69.0 cm³/mol. The Morgan fingerprint density at radius 2 is 2.00 bits per heavy atom. The number of quaternary nitrogens is 1. The standard InChI is InChI=1S/C11H22N2O4S/c1-13(2,8-10(14)15)5-3-6-18-7-4-9(12)11(16)17/h9H,3-8,12H2,1-2H3,(H-,14,15,16,17). The fourth-order valence-corrected chi connectivity index (χ4v) is 2.42. The van der Waals surface area contributed by atoms with Gasteiger partial charge in [-0.2, -0.15) is 11.8 Å². The van der Waals surface area contributed by atoms with E-state index in [1.807, 2.05) is 14.1 Å². The van der Waals surface area contributed by atoms with E-state index in [0.29, 0.717) is 16.7 Å². The third-order valence-corrected chi connectivity index (χ3v) is 3.60. The maximum atomic E-state index is 10.5. The molecule has 0 aliphatic heterocycles. The second-order valence-electron chi connectivity index (χ2n) is 4.89. The highest BCUT2D eigenvalue weighted by molar-refractivity contribution is 7.99. The molecule has 1 unspecified atom stereocenters. The van der Waals surface area contributed by atoms with Crippen molar-refractivity contribution in [2.45, 2.75) is 18.9 Å². The Balaban J connectivity index is 3.56. The van der Waals surface area contributed by atoms with Gasteiger partial charge in [-0.25, -0.2) is 0 Å². The smallest absolute Gasteiger partial charge is 0.320 e. The molecule has 0 radical (unpaired) electrons. The molecule has 0 fully saturated rings. The van der Waals surface area contributed by atoms with Gasteiger partial charge in [-0.3, -0.25) is 4.79 Å². The first kappa shape index (κ1) is 17.2. The van der Waals surface area contributed by atoms with E-state index in [1.54, 1.807) is 11.8 Å². The lowest BCUT2D eigenvalue weighted by Crippen LogP contribution is -2.48. The Morgan fingerprint density at radius 1 is 1.39 bits per heavy atom. The molecule has 0 aromatic carbocycles. The van der Waals surface area contributed by atoms with Crippen LogP contribution < -0.4 is 10.8 Å². The van der Waals surface area contributed by atoms with Gasteiger partial charge in [-0.1, -0.05) is 0 Å². The summed E-state index contributed by atoms with van der Waals surface area (Å²) in [6, 6.07) is -0.789. The fourth-order valence-electron chi connectivity index (χ4n) is 1.46. The van der Waals surface area contributed by atoms with E-state index in [1.165, 1.54) is 0 Å². The molecule has 0 saturated carbocycles. The minimum Gasteiger partial charge on any atom is -0.544 e. The number of nitrogens with zero attached hydrogens (tertiary/aromatic N) is 1. The van der Waals surface area contributed by atoms with E-state index in [0.717, 1.165) is 18.7 Å². The summed E-state index contributed by atoms with van der Waals surface area (Å²) in [4.78, 5) is 20.9. The minimum atomic E-state index is -1.04. The van der Waals surface area contributed by atoms with E-state index in [2.05, 4.69) is 0 Å². The quantitative estimate of drug-likeness (QED) is 0.382. The van der Waals surface area contributed by atoms with Crippen molar-refractivity contribution in [1.29, 1.82) is 0 Å². The summed E-state index contributed by atoms with van der Waals surface area (Å²) in [5.74, 6) is -0.426. The topological polar surface area (TPSA) is 103 Å². The summed E-state index contributed by atoms with van der Waals surface area (Å²) in [7, 11) is 3.70. The number of likely N-dealkylation sites (N-methyl/N-ethyl adjacent to an activating group) is 1. The van der Waals surface area contributed by atoms with Crippen LogP contribution in [-0.4, -0.2) is 66.3 Å². The highest BCUT2D eigenvalue weighted by Gasteiger charge is 2.14. The molecule has 0 amide bonds. The van der Waals surface area contributed by atoms with Crippen molar-refractivity contribution in [2.24, 2.45) is 5.73 Å². The van der Waals surface area contributed by atoms with Crippen LogP contribution in [0.4, 0.5) is 0 Å². The van der Waals surface area contributed by atoms with Crippen molar-refractivity contribution < 1.29 is 24.3 Å². The summed E-state index contributed by atoms with van der Waals surface area (Å²) in [6.07, 6.45) is 1.34. The zero-order valence-electron chi connectivity index (χ0n) is 10.9. The third kappa shape index (κ3) is 9.26. The first-order chi connectivity index (χ1) is 8.24. The third-order valence-electron chi connectivity index (χ3n) is 2.50. The predicted octanol–water partition coefficient (Wildman–Crippen LogP) is -1.26. The lowest BCUT2D eigenvalue weighted by atomic mass is 10.2. The molecular formula is C11H22N2O4S. The summed E-state index contributed by atoms with van der Waals surface area (Å²) in [5.41, 5.74) is 5.37. The van der Waals surface area contributed by atoms with Crippen LogP contribution in [0.5, 0.6) is 0 Å². The number of rotatable bonds is 10. The van der Waals surface area contributed by atoms with Gasteiger partial charge in [0.15, 0.2) is 0 Å². The first-order valence-electron chi connectivity index (χ1n) is 5.82.